The van der Waals surface area contributed by atoms with Gasteiger partial charge in [-0.15, -0.1) is 0 Å². The van der Waals surface area contributed by atoms with Crippen molar-refractivity contribution in [3.63, 3.8) is 0 Å². The smallest absolute Gasteiger partial charge is 0.268 e. The molecule has 5 heteroatoms. The van der Waals surface area contributed by atoms with Crippen LogP contribution in [0.1, 0.15) is 40.5 Å². The molecule has 4 nitrogen and oxygen atoms in total. The van der Waals surface area contributed by atoms with Gasteiger partial charge in [-0.3, -0.25) is 4.79 Å². The molecule has 1 atom stereocenters. The fourth-order valence-electron chi connectivity index (χ4n) is 1.93. The van der Waals surface area contributed by atoms with E-state index in [1.807, 2.05) is 26.8 Å². The zero-order valence-corrected chi connectivity index (χ0v) is 12.1. The molecule has 0 saturated carbocycles. The Morgan fingerprint density at radius 1 is 1.44 bits per heavy atom. The minimum Gasteiger partial charge on any atom is -0.466 e. The molecule has 2 rings (SSSR count). The second-order valence-corrected chi connectivity index (χ2v) is 5.21. The van der Waals surface area contributed by atoms with Crippen molar-refractivity contribution in [1.82, 2.24) is 10.3 Å². The van der Waals surface area contributed by atoms with Gasteiger partial charge in [0, 0.05) is 16.2 Å². The average Bonchev–Trinajstić information content (AvgIpc) is 2.84. The van der Waals surface area contributed by atoms with Gasteiger partial charge in [0.15, 0.2) is 0 Å². The van der Waals surface area contributed by atoms with Gasteiger partial charge in [0.2, 0.25) is 0 Å². The summed E-state index contributed by atoms with van der Waals surface area (Å²) in [6, 6.07) is 3.61. The maximum atomic E-state index is 12.0. The molecule has 1 amide bonds. The van der Waals surface area contributed by atoms with Crippen molar-refractivity contribution >= 4 is 21.8 Å². The third-order valence-corrected chi connectivity index (χ3v) is 3.24. The molecule has 0 radical (unpaired) electrons. The third kappa shape index (κ3) is 2.67. The molecule has 0 aliphatic rings. The molecule has 0 aliphatic heterocycles. The number of amides is 1. The molecular weight excluding hydrogens is 296 g/mol. The van der Waals surface area contributed by atoms with E-state index in [0.29, 0.717) is 5.69 Å². The van der Waals surface area contributed by atoms with Crippen LogP contribution in [0.15, 0.2) is 27.2 Å². The first-order valence-electron chi connectivity index (χ1n) is 5.69. The molecule has 0 aliphatic carbocycles. The highest BCUT2D eigenvalue weighted by Gasteiger charge is 2.16. The quantitative estimate of drug-likeness (QED) is 0.912. The van der Waals surface area contributed by atoms with Gasteiger partial charge in [0.1, 0.15) is 17.2 Å². The lowest BCUT2D eigenvalue weighted by Gasteiger charge is -2.12. The maximum Gasteiger partial charge on any atom is 0.268 e. The topological polar surface area (TPSA) is 58.0 Å². The number of aryl methyl sites for hydroxylation is 2. The number of hydrogen-bond acceptors (Lipinski definition) is 2. The summed E-state index contributed by atoms with van der Waals surface area (Å²) in [7, 11) is 0. The molecule has 18 heavy (non-hydrogen) atoms. The lowest BCUT2D eigenvalue weighted by atomic mass is 10.1. The fourth-order valence-corrected chi connectivity index (χ4v) is 2.27. The summed E-state index contributed by atoms with van der Waals surface area (Å²) in [5.41, 5.74) is 1.54. The fraction of sp³-hybridized carbons (Fsp3) is 0.308. The van der Waals surface area contributed by atoms with Crippen molar-refractivity contribution in [2.75, 3.05) is 0 Å². The second-order valence-electron chi connectivity index (χ2n) is 4.30. The number of aromatic amines is 1. The van der Waals surface area contributed by atoms with Crippen molar-refractivity contribution in [3.05, 3.63) is 45.6 Å². The van der Waals surface area contributed by atoms with Crippen LogP contribution in [0, 0.1) is 13.8 Å². The first-order chi connectivity index (χ1) is 8.47. The van der Waals surface area contributed by atoms with Gasteiger partial charge in [-0.05, 0) is 48.8 Å². The summed E-state index contributed by atoms with van der Waals surface area (Å²) in [6.07, 6.45) is 1.73. The lowest BCUT2D eigenvalue weighted by molar-refractivity contribution is 0.0935. The van der Waals surface area contributed by atoms with E-state index in [1.54, 1.807) is 12.3 Å². The molecule has 0 spiro atoms. The van der Waals surface area contributed by atoms with Gasteiger partial charge in [-0.1, -0.05) is 0 Å². The van der Waals surface area contributed by atoms with E-state index >= 15 is 0 Å². The summed E-state index contributed by atoms with van der Waals surface area (Å²) in [5, 5.41) is 2.93. The summed E-state index contributed by atoms with van der Waals surface area (Å²) in [6.45, 7) is 5.73. The van der Waals surface area contributed by atoms with Gasteiger partial charge in [0.25, 0.3) is 5.91 Å². The van der Waals surface area contributed by atoms with Crippen molar-refractivity contribution in [2.45, 2.75) is 26.8 Å². The first kappa shape index (κ1) is 13.0. The van der Waals surface area contributed by atoms with Gasteiger partial charge in [0.05, 0.1) is 6.04 Å². The summed E-state index contributed by atoms with van der Waals surface area (Å²) in [4.78, 5) is 14.9. The van der Waals surface area contributed by atoms with Crippen LogP contribution in [0.4, 0.5) is 0 Å². The highest BCUT2D eigenvalue weighted by molar-refractivity contribution is 9.10. The van der Waals surface area contributed by atoms with E-state index in [2.05, 4.69) is 26.2 Å². The van der Waals surface area contributed by atoms with Gasteiger partial charge in [-0.2, -0.15) is 0 Å². The Morgan fingerprint density at radius 3 is 2.67 bits per heavy atom. The second kappa shape index (κ2) is 5.02. The Morgan fingerprint density at radius 2 is 2.17 bits per heavy atom. The van der Waals surface area contributed by atoms with Gasteiger partial charge < -0.3 is 14.7 Å². The van der Waals surface area contributed by atoms with Crippen LogP contribution in [0.25, 0.3) is 0 Å². The highest BCUT2D eigenvalue weighted by atomic mass is 79.9. The summed E-state index contributed by atoms with van der Waals surface area (Å²) in [5.74, 6) is 1.56. The first-order valence-corrected chi connectivity index (χ1v) is 6.48. The number of nitrogens with one attached hydrogen (secondary N) is 2. The molecule has 2 N–H and O–H groups in total. The van der Waals surface area contributed by atoms with E-state index in [4.69, 9.17) is 4.42 Å². The number of furan rings is 1. The Balaban J connectivity index is 2.10. The molecule has 0 saturated heterocycles. The zero-order valence-electron chi connectivity index (χ0n) is 10.5. The Hall–Kier alpha value is -1.49. The molecule has 96 valence electrons. The van der Waals surface area contributed by atoms with Crippen LogP contribution in [0.5, 0.6) is 0 Å². The third-order valence-electron chi connectivity index (χ3n) is 2.79. The lowest BCUT2D eigenvalue weighted by Crippen LogP contribution is -2.27. The highest BCUT2D eigenvalue weighted by Crippen LogP contribution is 2.21. The van der Waals surface area contributed by atoms with Crippen molar-refractivity contribution in [1.29, 1.82) is 0 Å². The van der Waals surface area contributed by atoms with Gasteiger partial charge in [-0.25, -0.2) is 0 Å². The maximum absolute atomic E-state index is 12.0. The number of carbonyl (C=O) groups is 1. The van der Waals surface area contributed by atoms with Crippen LogP contribution in [0.2, 0.25) is 0 Å². The van der Waals surface area contributed by atoms with E-state index in [-0.39, 0.29) is 11.9 Å². The van der Waals surface area contributed by atoms with Crippen LogP contribution in [-0.2, 0) is 0 Å². The van der Waals surface area contributed by atoms with Crippen LogP contribution >= 0.6 is 15.9 Å². The molecule has 0 fully saturated rings. The predicted molar refractivity (Wildman–Crippen MR) is 72.6 cm³/mol. The normalized spacial score (nSPS) is 12.4. The standard InChI is InChI=1S/C13H15BrN2O2/c1-7-4-11(9(3)18-7)8(2)16-13(17)12-5-10(14)6-15-12/h4-6,8,15H,1-3H3,(H,16,17). The zero-order chi connectivity index (χ0) is 13.3. The van der Waals surface area contributed by atoms with Crippen LogP contribution < -0.4 is 5.32 Å². The SMILES string of the molecule is Cc1cc(C(C)NC(=O)c2cc(Br)c[nH]2)c(C)o1. The monoisotopic (exact) mass is 310 g/mol. The number of halogens is 1. The Kier molecular flexibility index (Phi) is 3.61. The minimum absolute atomic E-state index is 0.0861. The molecule has 1 unspecified atom stereocenters. The molecule has 2 heterocycles. The summed E-state index contributed by atoms with van der Waals surface area (Å²) < 4.78 is 6.32. The average molecular weight is 311 g/mol. The molecular formula is C13H15BrN2O2. The minimum atomic E-state index is -0.133. The van der Waals surface area contributed by atoms with E-state index in [9.17, 15) is 4.79 Å². The number of H-pyrrole nitrogens is 1. The number of hydrogen-bond donors (Lipinski definition) is 2. The van der Waals surface area contributed by atoms with Crippen LogP contribution in [0.3, 0.4) is 0 Å². The van der Waals surface area contributed by atoms with Gasteiger partial charge >= 0.3 is 0 Å². The van der Waals surface area contributed by atoms with Crippen molar-refractivity contribution in [3.8, 4) is 0 Å². The van der Waals surface area contributed by atoms with E-state index in [1.165, 1.54) is 0 Å². The molecule has 0 bridgehead atoms. The largest absolute Gasteiger partial charge is 0.466 e. The summed E-state index contributed by atoms with van der Waals surface area (Å²) >= 11 is 3.30. The molecule has 2 aromatic heterocycles. The van der Waals surface area contributed by atoms with Crippen LogP contribution in [-0.4, -0.2) is 10.9 Å². The Bertz CT molecular complexity index is 571. The van der Waals surface area contributed by atoms with Crippen molar-refractivity contribution < 1.29 is 9.21 Å². The van der Waals surface area contributed by atoms with Crippen molar-refractivity contribution in [2.24, 2.45) is 0 Å². The van der Waals surface area contributed by atoms with E-state index < -0.39 is 0 Å². The predicted octanol–water partition coefficient (Wildman–Crippen LogP) is 3.48. The molecule has 2 aromatic rings. The van der Waals surface area contributed by atoms with E-state index in [0.717, 1.165) is 21.6 Å². The number of carbonyl (C=O) groups excluding carboxylic acids is 1. The molecule has 0 aromatic carbocycles. The Labute approximate surface area is 114 Å². The number of aromatic nitrogens is 1. The number of rotatable bonds is 3.